The first-order valence-corrected chi connectivity index (χ1v) is 9.58. The minimum absolute atomic E-state index is 0.1000. The maximum Gasteiger partial charge on any atom is 0.307 e. The number of hydrogen-bond donors (Lipinski definition) is 0. The quantitative estimate of drug-likeness (QED) is 0.352. The number of nitro benzene ring substituents is 1. The number of rotatable bonds is 9. The van der Waals surface area contributed by atoms with E-state index >= 15 is 0 Å². The third kappa shape index (κ3) is 4.55. The Kier molecular flexibility index (Phi) is 6.94. The molecule has 9 heteroatoms. The molecule has 0 saturated heterocycles. The fourth-order valence-corrected chi connectivity index (χ4v) is 3.61. The van der Waals surface area contributed by atoms with Gasteiger partial charge in [0.25, 0.3) is 5.69 Å². The average molecular weight is 406 g/mol. The lowest BCUT2D eigenvalue weighted by atomic mass is 9.75. The molecule has 0 saturated carbocycles. The largest absolute Gasteiger partial charge is 0.466 e. The standard InChI is InChI=1S/C20H26N2O7/c1-5-28-17(23)10-20(11-18(24)29-6-2)15-9-14(22(26)27)7-8-16(15)21(19(20)25)12-13(3)4/h7-9,13H,5-6,10-12H2,1-4H3. The monoisotopic (exact) mass is 406 g/mol. The molecule has 1 aliphatic rings. The third-order valence-electron chi connectivity index (χ3n) is 4.70. The molecule has 1 heterocycles. The zero-order chi connectivity index (χ0) is 21.8. The van der Waals surface area contributed by atoms with Gasteiger partial charge in [0.1, 0.15) is 0 Å². The van der Waals surface area contributed by atoms with Gasteiger partial charge in [0.15, 0.2) is 0 Å². The van der Waals surface area contributed by atoms with Crippen LogP contribution in [0.25, 0.3) is 0 Å². The molecule has 1 aromatic carbocycles. The van der Waals surface area contributed by atoms with Crippen LogP contribution < -0.4 is 4.90 Å². The number of fused-ring (bicyclic) bond motifs is 1. The molecule has 1 aromatic rings. The van der Waals surface area contributed by atoms with E-state index in [1.807, 2.05) is 13.8 Å². The summed E-state index contributed by atoms with van der Waals surface area (Å²) in [6, 6.07) is 4.07. The van der Waals surface area contributed by atoms with Crippen LogP contribution in [0, 0.1) is 16.0 Å². The first-order valence-electron chi connectivity index (χ1n) is 9.58. The number of nitrogens with zero attached hydrogens (tertiary/aromatic N) is 2. The summed E-state index contributed by atoms with van der Waals surface area (Å²) in [4.78, 5) is 50.5. The Balaban J connectivity index is 2.67. The highest BCUT2D eigenvalue weighted by molar-refractivity contribution is 6.11. The van der Waals surface area contributed by atoms with Crippen molar-refractivity contribution in [2.45, 2.75) is 46.0 Å². The summed E-state index contributed by atoms with van der Waals surface area (Å²) in [5.74, 6) is -1.67. The molecule has 0 bridgehead atoms. The van der Waals surface area contributed by atoms with E-state index in [1.165, 1.54) is 23.1 Å². The lowest BCUT2D eigenvalue weighted by Crippen LogP contribution is -2.45. The molecular weight excluding hydrogens is 380 g/mol. The third-order valence-corrected chi connectivity index (χ3v) is 4.70. The Morgan fingerprint density at radius 2 is 1.69 bits per heavy atom. The van der Waals surface area contributed by atoms with E-state index in [0.717, 1.165) is 0 Å². The highest BCUT2D eigenvalue weighted by Gasteiger charge is 2.54. The molecule has 29 heavy (non-hydrogen) atoms. The van der Waals surface area contributed by atoms with Gasteiger partial charge in [-0.1, -0.05) is 13.8 Å². The fourth-order valence-electron chi connectivity index (χ4n) is 3.61. The first kappa shape index (κ1) is 22.3. The molecule has 0 aromatic heterocycles. The highest BCUT2D eigenvalue weighted by Crippen LogP contribution is 2.48. The Morgan fingerprint density at radius 3 is 2.14 bits per heavy atom. The van der Waals surface area contributed by atoms with Crippen LogP contribution in [0.1, 0.15) is 46.1 Å². The first-order chi connectivity index (χ1) is 13.7. The maximum absolute atomic E-state index is 13.5. The van der Waals surface area contributed by atoms with E-state index in [2.05, 4.69) is 0 Å². The summed E-state index contributed by atoms with van der Waals surface area (Å²) < 4.78 is 10.1. The summed E-state index contributed by atoms with van der Waals surface area (Å²) in [5, 5.41) is 11.3. The number of non-ortho nitro benzene ring substituents is 1. The molecule has 2 rings (SSSR count). The number of esters is 2. The number of benzene rings is 1. The van der Waals surface area contributed by atoms with E-state index in [4.69, 9.17) is 9.47 Å². The second kappa shape index (κ2) is 9.02. The van der Waals surface area contributed by atoms with Crippen molar-refractivity contribution in [1.29, 1.82) is 0 Å². The summed E-state index contributed by atoms with van der Waals surface area (Å²) in [6.07, 6.45) is -0.803. The maximum atomic E-state index is 13.5. The number of carbonyl (C=O) groups is 3. The van der Waals surface area contributed by atoms with E-state index in [-0.39, 0.29) is 30.4 Å². The number of nitro groups is 1. The van der Waals surface area contributed by atoms with E-state index in [1.54, 1.807) is 13.8 Å². The number of hydrogen-bond acceptors (Lipinski definition) is 7. The van der Waals surface area contributed by atoms with Crippen molar-refractivity contribution >= 4 is 29.2 Å². The van der Waals surface area contributed by atoms with Crippen molar-refractivity contribution in [3.05, 3.63) is 33.9 Å². The predicted molar refractivity (Wildman–Crippen MR) is 104 cm³/mol. The number of anilines is 1. The van der Waals surface area contributed by atoms with E-state index in [0.29, 0.717) is 12.2 Å². The van der Waals surface area contributed by atoms with E-state index in [9.17, 15) is 24.5 Å². The molecule has 1 aliphatic heterocycles. The zero-order valence-electron chi connectivity index (χ0n) is 17.1. The van der Waals surface area contributed by atoms with Gasteiger partial charge < -0.3 is 14.4 Å². The Bertz CT molecular complexity index is 799. The average Bonchev–Trinajstić information content (AvgIpc) is 2.84. The molecule has 0 atom stereocenters. The smallest absolute Gasteiger partial charge is 0.307 e. The normalized spacial score (nSPS) is 14.7. The number of ether oxygens (including phenoxy) is 2. The molecule has 0 fully saturated rings. The molecule has 158 valence electrons. The Hall–Kier alpha value is -2.97. The van der Waals surface area contributed by atoms with Crippen LogP contribution in [0.15, 0.2) is 18.2 Å². The summed E-state index contributed by atoms with van der Waals surface area (Å²) >= 11 is 0. The molecule has 0 radical (unpaired) electrons. The molecule has 0 N–H and O–H groups in total. The Morgan fingerprint density at radius 1 is 1.14 bits per heavy atom. The molecular formula is C20H26N2O7. The predicted octanol–water partition coefficient (Wildman–Crippen LogP) is 2.74. The van der Waals surface area contributed by atoms with Gasteiger partial charge in [-0.3, -0.25) is 24.5 Å². The van der Waals surface area contributed by atoms with Gasteiger partial charge in [0.2, 0.25) is 5.91 Å². The topological polar surface area (TPSA) is 116 Å². The number of amides is 1. The second-order valence-electron chi connectivity index (χ2n) is 7.31. The molecule has 1 amide bonds. The minimum atomic E-state index is -1.60. The lowest BCUT2D eigenvalue weighted by molar-refractivity contribution is -0.384. The fraction of sp³-hybridized carbons (Fsp3) is 0.550. The van der Waals surface area contributed by atoms with Crippen LogP contribution in [-0.2, 0) is 29.3 Å². The van der Waals surface area contributed by atoms with Gasteiger partial charge in [-0.05, 0) is 31.4 Å². The van der Waals surface area contributed by atoms with Gasteiger partial charge in [-0.25, -0.2) is 0 Å². The van der Waals surface area contributed by atoms with Crippen molar-refractivity contribution in [3.63, 3.8) is 0 Å². The molecule has 9 nitrogen and oxygen atoms in total. The van der Waals surface area contributed by atoms with Gasteiger partial charge in [0.05, 0.1) is 36.4 Å². The van der Waals surface area contributed by atoms with Crippen molar-refractivity contribution in [1.82, 2.24) is 0 Å². The minimum Gasteiger partial charge on any atom is -0.466 e. The summed E-state index contributed by atoms with van der Waals surface area (Å²) in [7, 11) is 0. The molecule has 0 aliphatic carbocycles. The summed E-state index contributed by atoms with van der Waals surface area (Å²) in [6.45, 7) is 7.69. The van der Waals surface area contributed by atoms with Crippen LogP contribution in [0.4, 0.5) is 11.4 Å². The van der Waals surface area contributed by atoms with Gasteiger partial charge >= 0.3 is 11.9 Å². The van der Waals surface area contributed by atoms with Crippen LogP contribution >= 0.6 is 0 Å². The second-order valence-corrected chi connectivity index (χ2v) is 7.31. The van der Waals surface area contributed by atoms with E-state index < -0.39 is 41.0 Å². The SMILES string of the molecule is CCOC(=O)CC1(CC(=O)OCC)C(=O)N(CC(C)C)c2ccc([N+](=O)[O-])cc21. The van der Waals surface area contributed by atoms with Crippen molar-refractivity contribution in [2.24, 2.45) is 5.92 Å². The van der Waals surface area contributed by atoms with Crippen LogP contribution in [-0.4, -0.2) is 42.5 Å². The molecule has 0 spiro atoms. The molecule has 0 unspecified atom stereocenters. The number of carbonyl (C=O) groups excluding carboxylic acids is 3. The van der Waals surface area contributed by atoms with Crippen LogP contribution in [0.2, 0.25) is 0 Å². The summed E-state index contributed by atoms with van der Waals surface area (Å²) in [5.41, 5.74) is -1.09. The van der Waals surface area contributed by atoms with Crippen LogP contribution in [0.5, 0.6) is 0 Å². The zero-order valence-corrected chi connectivity index (χ0v) is 17.1. The van der Waals surface area contributed by atoms with Crippen molar-refractivity contribution in [2.75, 3.05) is 24.7 Å². The van der Waals surface area contributed by atoms with Gasteiger partial charge in [-0.15, -0.1) is 0 Å². The Labute approximate surface area is 169 Å². The van der Waals surface area contributed by atoms with Gasteiger partial charge in [-0.2, -0.15) is 0 Å². The van der Waals surface area contributed by atoms with Crippen LogP contribution in [0.3, 0.4) is 0 Å². The highest BCUT2D eigenvalue weighted by atomic mass is 16.6. The lowest BCUT2D eigenvalue weighted by Gasteiger charge is -2.27. The van der Waals surface area contributed by atoms with Crippen molar-refractivity contribution < 1.29 is 28.8 Å². The van der Waals surface area contributed by atoms with Gasteiger partial charge in [0, 0.05) is 24.4 Å². The van der Waals surface area contributed by atoms with Crippen molar-refractivity contribution in [3.8, 4) is 0 Å².